The Morgan fingerprint density at radius 2 is 1.62 bits per heavy atom. The number of carbonyl (C=O) groups excluding carboxylic acids is 2. The van der Waals surface area contributed by atoms with Crippen LogP contribution in [0.4, 0.5) is 10.1 Å². The third kappa shape index (κ3) is 3.20. The molecule has 2 N–H and O–H groups in total. The number of aromatic carboxylic acids is 2. The van der Waals surface area contributed by atoms with E-state index in [1.807, 2.05) is 0 Å². The van der Waals surface area contributed by atoms with E-state index in [1.165, 1.54) is 6.07 Å². The topological polar surface area (TPSA) is 109 Å². The molecule has 0 radical (unpaired) electrons. The summed E-state index contributed by atoms with van der Waals surface area (Å²) < 4.78 is 13.9. The highest BCUT2D eigenvalue weighted by Crippen LogP contribution is 2.50. The van der Waals surface area contributed by atoms with Crippen molar-refractivity contribution in [3.05, 3.63) is 64.0 Å². The number of carboxylic acids is 2. The summed E-state index contributed by atoms with van der Waals surface area (Å²) in [5, 5.41) is 19.1. The van der Waals surface area contributed by atoms with Crippen molar-refractivity contribution in [3.8, 4) is 0 Å². The fourth-order valence-electron chi connectivity index (χ4n) is 5.67. The zero-order valence-corrected chi connectivity index (χ0v) is 18.9. The average molecular weight is 466 g/mol. The van der Waals surface area contributed by atoms with Gasteiger partial charge in [-0.2, -0.15) is 0 Å². The molecule has 8 heteroatoms. The summed E-state index contributed by atoms with van der Waals surface area (Å²) in [5.41, 5.74) is 0.373. The second kappa shape index (κ2) is 7.30. The summed E-state index contributed by atoms with van der Waals surface area (Å²) in [4.78, 5) is 50.2. The van der Waals surface area contributed by atoms with Crippen LogP contribution in [0, 0.1) is 11.2 Å². The Balaban J connectivity index is 1.61. The highest BCUT2D eigenvalue weighted by atomic mass is 19.1. The van der Waals surface area contributed by atoms with Crippen LogP contribution in [-0.2, 0) is 0 Å². The summed E-state index contributed by atoms with van der Waals surface area (Å²) >= 11 is 0. The predicted molar refractivity (Wildman–Crippen MR) is 121 cm³/mol. The molecule has 176 valence electrons. The maximum absolute atomic E-state index is 14.4. The Kier molecular flexibility index (Phi) is 4.81. The first kappa shape index (κ1) is 22.4. The smallest absolute Gasteiger partial charge is 0.352 e. The van der Waals surface area contributed by atoms with E-state index < -0.39 is 45.5 Å². The molecule has 5 rings (SSSR count). The summed E-state index contributed by atoms with van der Waals surface area (Å²) in [6.07, 6.45) is 3.96. The van der Waals surface area contributed by atoms with Gasteiger partial charge in [0, 0.05) is 11.6 Å². The SMILES string of the molecule is CC1(C)CCC(c2ccc(C(=O)O)c([N+]34CC3C(=O)c3cc(C(=O)O)c(F)cc3C4=O)c2)CC1. The minimum Gasteiger partial charge on any atom is -0.478 e. The number of hydrogen-bond donors (Lipinski definition) is 2. The van der Waals surface area contributed by atoms with E-state index in [0.29, 0.717) is 0 Å². The van der Waals surface area contributed by atoms with Gasteiger partial charge in [0.25, 0.3) is 0 Å². The number of carbonyl (C=O) groups is 4. The number of fused-ring (bicyclic) bond motifs is 2. The van der Waals surface area contributed by atoms with Crippen molar-refractivity contribution in [2.75, 3.05) is 6.54 Å². The summed E-state index contributed by atoms with van der Waals surface area (Å²) in [5.74, 6) is -4.67. The fourth-order valence-corrected chi connectivity index (χ4v) is 5.67. The number of benzene rings is 2. The molecule has 1 aliphatic carbocycles. The minimum absolute atomic E-state index is 0.0605. The maximum atomic E-state index is 14.4. The molecule has 3 aliphatic rings. The summed E-state index contributed by atoms with van der Waals surface area (Å²) in [6.45, 7) is 4.52. The van der Waals surface area contributed by atoms with Crippen molar-refractivity contribution in [2.45, 2.75) is 51.5 Å². The standard InChI is InChI=1S/C26H24FNO6/c1-26(2)7-5-13(6-8-26)14-3-4-15(24(31)32)20(9-14)28-12-21(28)22(29)16-10-18(25(33)34)19(27)11-17(16)23(28)30/h3-4,9-11,13,21H,5-8,12H2,1-2H3,(H-,31,32,33,34)/p+1. The molecule has 2 atom stereocenters. The van der Waals surface area contributed by atoms with E-state index in [0.717, 1.165) is 43.4 Å². The third-order valence-electron chi connectivity index (χ3n) is 7.85. The van der Waals surface area contributed by atoms with Crippen LogP contribution in [-0.4, -0.2) is 46.4 Å². The molecule has 2 aliphatic heterocycles. The molecule has 1 saturated carbocycles. The second-order valence-electron chi connectivity index (χ2n) is 10.4. The van der Waals surface area contributed by atoms with Crippen LogP contribution in [0.5, 0.6) is 0 Å². The highest BCUT2D eigenvalue weighted by Gasteiger charge is 2.71. The van der Waals surface area contributed by atoms with Crippen LogP contribution in [0.2, 0.25) is 0 Å². The number of amides is 1. The van der Waals surface area contributed by atoms with Crippen molar-refractivity contribution in [2.24, 2.45) is 5.41 Å². The second-order valence-corrected chi connectivity index (χ2v) is 10.4. The first-order chi connectivity index (χ1) is 16.0. The number of halogens is 1. The average Bonchev–Trinajstić information content (AvgIpc) is 3.54. The highest BCUT2D eigenvalue weighted by molar-refractivity contribution is 6.25. The van der Waals surface area contributed by atoms with Crippen molar-refractivity contribution in [3.63, 3.8) is 0 Å². The van der Waals surface area contributed by atoms with Crippen LogP contribution in [0.1, 0.15) is 92.4 Å². The number of quaternary nitrogens is 1. The van der Waals surface area contributed by atoms with Gasteiger partial charge in [-0.1, -0.05) is 19.9 Å². The largest absolute Gasteiger partial charge is 0.478 e. The van der Waals surface area contributed by atoms with Gasteiger partial charge in [0.15, 0.2) is 12.2 Å². The van der Waals surface area contributed by atoms with E-state index in [9.17, 15) is 33.8 Å². The van der Waals surface area contributed by atoms with Gasteiger partial charge < -0.3 is 10.2 Å². The zero-order valence-electron chi connectivity index (χ0n) is 18.9. The van der Waals surface area contributed by atoms with E-state index in [1.54, 1.807) is 12.1 Å². The van der Waals surface area contributed by atoms with Crippen LogP contribution >= 0.6 is 0 Å². The molecule has 34 heavy (non-hydrogen) atoms. The Morgan fingerprint density at radius 3 is 2.24 bits per heavy atom. The Labute approximate surface area is 195 Å². The number of hydrogen-bond acceptors (Lipinski definition) is 4. The van der Waals surface area contributed by atoms with Gasteiger partial charge in [-0.15, -0.1) is 0 Å². The molecule has 1 saturated heterocycles. The number of ketones is 1. The van der Waals surface area contributed by atoms with Gasteiger partial charge in [-0.25, -0.2) is 23.3 Å². The number of Topliss-reactive ketones (excluding diaryl/α,β-unsaturated/α-hetero) is 1. The lowest BCUT2D eigenvalue weighted by molar-refractivity contribution is 0.0679. The molecule has 0 spiro atoms. The zero-order chi connectivity index (χ0) is 24.6. The lowest BCUT2D eigenvalue weighted by Gasteiger charge is -2.34. The number of carboxylic acid groups (broad SMARTS) is 2. The van der Waals surface area contributed by atoms with E-state index >= 15 is 0 Å². The van der Waals surface area contributed by atoms with Gasteiger partial charge in [0.2, 0.25) is 11.8 Å². The monoisotopic (exact) mass is 466 g/mol. The van der Waals surface area contributed by atoms with Crippen LogP contribution in [0.25, 0.3) is 0 Å². The molecule has 2 aromatic rings. The van der Waals surface area contributed by atoms with Crippen molar-refractivity contribution in [1.82, 2.24) is 4.48 Å². The molecule has 7 nitrogen and oxygen atoms in total. The lowest BCUT2D eigenvalue weighted by Crippen LogP contribution is -2.45. The minimum atomic E-state index is -1.53. The van der Waals surface area contributed by atoms with E-state index in [4.69, 9.17) is 0 Å². The van der Waals surface area contributed by atoms with Crippen LogP contribution < -0.4 is 4.48 Å². The predicted octanol–water partition coefficient (Wildman–Crippen LogP) is 4.63. The first-order valence-corrected chi connectivity index (χ1v) is 11.4. The van der Waals surface area contributed by atoms with Crippen molar-refractivity contribution < 1.29 is 33.8 Å². The lowest BCUT2D eigenvalue weighted by atomic mass is 9.71. The number of nitrogens with zero attached hydrogens (tertiary/aromatic N) is 1. The Hall–Kier alpha value is -3.39. The molecule has 2 heterocycles. The molecular formula is C26H25FNO6+. The van der Waals surface area contributed by atoms with Crippen LogP contribution in [0.3, 0.4) is 0 Å². The molecule has 0 aromatic heterocycles. The molecule has 1 amide bonds. The maximum Gasteiger partial charge on any atom is 0.352 e. The normalized spacial score (nSPS) is 25.4. The van der Waals surface area contributed by atoms with E-state index in [2.05, 4.69) is 13.8 Å². The van der Waals surface area contributed by atoms with E-state index in [-0.39, 0.29) is 40.3 Å². The van der Waals surface area contributed by atoms with Gasteiger partial charge in [-0.3, -0.25) is 4.79 Å². The van der Waals surface area contributed by atoms with Gasteiger partial charge in [0.1, 0.15) is 11.4 Å². The molecular weight excluding hydrogens is 441 g/mol. The molecule has 2 aromatic carbocycles. The van der Waals surface area contributed by atoms with Gasteiger partial charge >= 0.3 is 17.8 Å². The first-order valence-electron chi connectivity index (χ1n) is 11.4. The molecule has 0 bridgehead atoms. The number of rotatable bonds is 4. The van der Waals surface area contributed by atoms with Gasteiger partial charge in [-0.05, 0) is 60.8 Å². The Bertz CT molecular complexity index is 1290. The molecule has 2 unspecified atom stereocenters. The summed E-state index contributed by atoms with van der Waals surface area (Å²) in [6, 6.07) is 5.89. The van der Waals surface area contributed by atoms with Crippen molar-refractivity contribution in [1.29, 1.82) is 0 Å². The van der Waals surface area contributed by atoms with Gasteiger partial charge in [0.05, 0.1) is 11.1 Å². The third-order valence-corrected chi connectivity index (χ3v) is 7.85. The Morgan fingerprint density at radius 1 is 0.971 bits per heavy atom. The van der Waals surface area contributed by atoms with Crippen LogP contribution in [0.15, 0.2) is 30.3 Å². The van der Waals surface area contributed by atoms with Crippen molar-refractivity contribution >= 4 is 29.3 Å². The fraction of sp³-hybridized carbons (Fsp3) is 0.385. The molecule has 2 fully saturated rings. The summed E-state index contributed by atoms with van der Waals surface area (Å²) in [7, 11) is 0. The quantitative estimate of drug-likeness (QED) is 0.502.